The Labute approximate surface area is 330 Å². The van der Waals surface area contributed by atoms with Gasteiger partial charge in [0.1, 0.15) is 17.6 Å². The molecule has 3 N–H and O–H groups in total. The van der Waals surface area contributed by atoms with Gasteiger partial charge in [0.25, 0.3) is 17.7 Å². The van der Waals surface area contributed by atoms with E-state index in [2.05, 4.69) is 40.3 Å². The highest BCUT2D eigenvalue weighted by molar-refractivity contribution is 6.23. The molecule has 296 valence electrons. The minimum atomic E-state index is -3.84. The van der Waals surface area contributed by atoms with Gasteiger partial charge in [0.2, 0.25) is 11.8 Å². The van der Waals surface area contributed by atoms with Gasteiger partial charge in [-0.15, -0.1) is 8.78 Å². The summed E-state index contributed by atoms with van der Waals surface area (Å²) in [5.74, 6) is -1.91. The maximum Gasteiger partial charge on any atom is 0.487 e. The van der Waals surface area contributed by atoms with Crippen LogP contribution >= 0.6 is 11.6 Å². The van der Waals surface area contributed by atoms with Crippen LogP contribution in [0.25, 0.3) is 11.3 Å². The quantitative estimate of drug-likeness (QED) is 0.156. The maximum atomic E-state index is 13.3. The van der Waals surface area contributed by atoms with Crippen molar-refractivity contribution in [2.45, 2.75) is 49.9 Å². The molecule has 8 rings (SSSR count). The van der Waals surface area contributed by atoms with Crippen molar-refractivity contribution in [2.24, 2.45) is 0 Å². The van der Waals surface area contributed by atoms with Crippen LogP contribution in [0.4, 0.5) is 20.3 Å². The number of hydrogen-bond donors (Lipinski definition) is 3. The van der Waals surface area contributed by atoms with Crippen molar-refractivity contribution >= 4 is 52.6 Å². The topological polar surface area (TPSA) is 173 Å². The standard InChI is InChI=1S/C39H38ClF2N9O6/c40-39(41,42)57-27-4-2-25(3-5-27)45-35(53)24-20-30(31-9-12-44-47-31)34(43-21-24)50-17-15-49(16-18-50)26-10-13-48(14-11-26)22-23-1-6-28-29(19-23)38(56)51(37(28)55)32-7-8-33(52)46-36(32)54/h1-6,9,12,19-21,26,32H,7-8,10-11,13-18,22H2,(H,44,47)(H,45,53)(H,46,52,54). The number of aromatic amines is 1. The fourth-order valence-electron chi connectivity index (χ4n) is 8.00. The monoisotopic (exact) mass is 801 g/mol. The summed E-state index contributed by atoms with van der Waals surface area (Å²) in [5, 5.41) is 12.1. The number of alkyl halides is 3. The van der Waals surface area contributed by atoms with Crippen molar-refractivity contribution < 1.29 is 37.5 Å². The van der Waals surface area contributed by atoms with Gasteiger partial charge < -0.3 is 15.0 Å². The highest BCUT2D eigenvalue weighted by atomic mass is 35.5. The second-order valence-electron chi connectivity index (χ2n) is 14.4. The minimum absolute atomic E-state index is 0.0739. The van der Waals surface area contributed by atoms with E-state index >= 15 is 0 Å². The number of halogens is 3. The van der Waals surface area contributed by atoms with Gasteiger partial charge in [-0.1, -0.05) is 6.07 Å². The van der Waals surface area contributed by atoms with E-state index < -0.39 is 41.1 Å². The van der Waals surface area contributed by atoms with Crippen LogP contribution in [-0.4, -0.2) is 116 Å². The highest BCUT2D eigenvalue weighted by Crippen LogP contribution is 2.32. The van der Waals surface area contributed by atoms with E-state index in [1.165, 1.54) is 30.5 Å². The number of nitrogens with zero attached hydrogens (tertiary/aromatic N) is 6. The third-order valence-corrected chi connectivity index (χ3v) is 10.9. The summed E-state index contributed by atoms with van der Waals surface area (Å²) < 4.78 is 30.3. The summed E-state index contributed by atoms with van der Waals surface area (Å²) in [5.41, 5.74) is -0.270. The van der Waals surface area contributed by atoms with Crippen molar-refractivity contribution in [3.05, 3.63) is 89.2 Å². The normalized spacial score (nSPS) is 19.8. The van der Waals surface area contributed by atoms with Crippen LogP contribution in [0.2, 0.25) is 0 Å². The highest BCUT2D eigenvalue weighted by Gasteiger charge is 2.44. The Balaban J connectivity index is 0.853. The summed E-state index contributed by atoms with van der Waals surface area (Å²) in [6.45, 7) is 5.48. The van der Waals surface area contributed by atoms with Crippen molar-refractivity contribution in [3.63, 3.8) is 0 Å². The molecule has 1 unspecified atom stereocenters. The lowest BCUT2D eigenvalue weighted by molar-refractivity contribution is -0.136. The van der Waals surface area contributed by atoms with Crippen LogP contribution < -0.4 is 20.3 Å². The van der Waals surface area contributed by atoms with E-state index in [1.807, 2.05) is 12.1 Å². The van der Waals surface area contributed by atoms with Gasteiger partial charge >= 0.3 is 5.57 Å². The second kappa shape index (κ2) is 15.6. The molecule has 1 atom stereocenters. The molecule has 18 heteroatoms. The molecular formula is C39H38ClF2N9O6. The number of pyridine rings is 1. The van der Waals surface area contributed by atoms with Gasteiger partial charge in [-0.3, -0.25) is 49.1 Å². The van der Waals surface area contributed by atoms with Gasteiger partial charge in [0.05, 0.1) is 22.4 Å². The summed E-state index contributed by atoms with van der Waals surface area (Å²) in [4.78, 5) is 76.4. The van der Waals surface area contributed by atoms with Gasteiger partial charge in [-0.25, -0.2) is 4.98 Å². The van der Waals surface area contributed by atoms with E-state index in [0.717, 1.165) is 74.0 Å². The van der Waals surface area contributed by atoms with E-state index in [9.17, 15) is 32.8 Å². The number of carbonyl (C=O) groups is 5. The van der Waals surface area contributed by atoms with E-state index in [0.29, 0.717) is 29.5 Å². The lowest BCUT2D eigenvalue weighted by Crippen LogP contribution is -2.54. The van der Waals surface area contributed by atoms with Crippen molar-refractivity contribution in [1.82, 2.24) is 35.2 Å². The Kier molecular flexibility index (Phi) is 10.5. The average molecular weight is 802 g/mol. The second-order valence-corrected chi connectivity index (χ2v) is 14.9. The molecule has 2 aromatic heterocycles. The number of likely N-dealkylation sites (tertiary alicyclic amines) is 1. The molecule has 3 fully saturated rings. The third-order valence-electron chi connectivity index (χ3n) is 10.9. The molecule has 57 heavy (non-hydrogen) atoms. The summed E-state index contributed by atoms with van der Waals surface area (Å²) >= 11 is 4.84. The molecule has 0 spiro atoms. The number of H-pyrrole nitrogens is 1. The number of fused-ring (bicyclic) bond motifs is 1. The Bertz CT molecular complexity index is 2200. The molecule has 15 nitrogen and oxygen atoms in total. The number of imide groups is 2. The number of carbonyl (C=O) groups excluding carboxylic acids is 5. The first kappa shape index (κ1) is 38.1. The zero-order valence-corrected chi connectivity index (χ0v) is 31.3. The van der Waals surface area contributed by atoms with Gasteiger partial charge in [0.15, 0.2) is 0 Å². The van der Waals surface area contributed by atoms with Crippen molar-refractivity contribution in [2.75, 3.05) is 49.5 Å². The Morgan fingerprint density at radius 2 is 1.63 bits per heavy atom. The fourth-order valence-corrected chi connectivity index (χ4v) is 8.09. The Morgan fingerprint density at radius 1 is 0.895 bits per heavy atom. The molecule has 0 saturated carbocycles. The molecule has 5 amide bonds. The van der Waals surface area contributed by atoms with Gasteiger partial charge in [-0.2, -0.15) is 5.10 Å². The van der Waals surface area contributed by atoms with Gasteiger partial charge in [-0.05, 0) is 86.4 Å². The van der Waals surface area contributed by atoms with Crippen LogP contribution in [0, 0.1) is 0 Å². The number of piperidine rings is 2. The number of ether oxygens (including phenoxy) is 1. The Hall–Kier alpha value is -5.78. The first-order valence-corrected chi connectivity index (χ1v) is 19.0. The number of benzene rings is 2. The lowest BCUT2D eigenvalue weighted by Gasteiger charge is -2.43. The molecule has 3 saturated heterocycles. The molecule has 4 aromatic rings. The first-order valence-electron chi connectivity index (χ1n) is 18.6. The first-order chi connectivity index (χ1) is 27.4. The molecule has 4 aliphatic rings. The number of piperazine rings is 1. The van der Waals surface area contributed by atoms with E-state index in [-0.39, 0.29) is 29.7 Å². The summed E-state index contributed by atoms with van der Waals surface area (Å²) in [6, 6.07) is 13.7. The van der Waals surface area contributed by atoms with Gasteiger partial charge in [0, 0.05) is 80.4 Å². The molecule has 0 bridgehead atoms. The smallest absolute Gasteiger partial charge is 0.420 e. The maximum absolute atomic E-state index is 13.3. The number of anilines is 2. The Morgan fingerprint density at radius 3 is 2.32 bits per heavy atom. The average Bonchev–Trinajstić information content (AvgIpc) is 3.82. The van der Waals surface area contributed by atoms with Crippen LogP contribution in [0.3, 0.4) is 0 Å². The third kappa shape index (κ3) is 8.22. The van der Waals surface area contributed by atoms with Crippen LogP contribution in [0.15, 0.2) is 67.0 Å². The molecule has 6 heterocycles. The molecule has 4 aliphatic heterocycles. The molecule has 0 aliphatic carbocycles. The number of aromatic nitrogens is 3. The molecule has 0 radical (unpaired) electrons. The van der Waals surface area contributed by atoms with Crippen LogP contribution in [0.5, 0.6) is 5.75 Å². The number of hydrogen-bond acceptors (Lipinski definition) is 11. The summed E-state index contributed by atoms with van der Waals surface area (Å²) in [7, 11) is 0. The zero-order valence-electron chi connectivity index (χ0n) is 30.6. The molecular weight excluding hydrogens is 764 g/mol. The van der Waals surface area contributed by atoms with Crippen molar-refractivity contribution in [1.29, 1.82) is 0 Å². The predicted octanol–water partition coefficient (Wildman–Crippen LogP) is 4.08. The van der Waals surface area contributed by atoms with E-state index in [1.54, 1.807) is 24.4 Å². The zero-order chi connectivity index (χ0) is 39.8. The fraction of sp³-hybridized carbons (Fsp3) is 0.359. The van der Waals surface area contributed by atoms with Crippen molar-refractivity contribution in [3.8, 4) is 17.0 Å². The SMILES string of the molecule is O=C1CCC(N2C(=O)c3ccc(CN4CCC(N5CCN(c6ncc(C(=O)Nc7ccc(OC(F)(F)Cl)cc7)cc6-c6ccn[nH]6)CC5)CC4)cc3C2=O)C(=O)N1. The number of amides is 5. The number of nitrogens with one attached hydrogen (secondary N) is 3. The lowest BCUT2D eigenvalue weighted by atomic mass is 10.0. The summed E-state index contributed by atoms with van der Waals surface area (Å²) in [6.07, 6.45) is 5.29. The predicted molar refractivity (Wildman–Crippen MR) is 203 cm³/mol. The largest absolute Gasteiger partial charge is 0.487 e. The number of rotatable bonds is 10. The minimum Gasteiger partial charge on any atom is -0.420 e. The van der Waals surface area contributed by atoms with E-state index in [4.69, 9.17) is 16.6 Å². The van der Waals surface area contributed by atoms with Crippen LogP contribution in [0.1, 0.15) is 62.3 Å². The van der Waals surface area contributed by atoms with Crippen LogP contribution in [-0.2, 0) is 16.1 Å². The molecule has 2 aromatic carbocycles.